The maximum absolute atomic E-state index is 6.00. The fourth-order valence-corrected chi connectivity index (χ4v) is 1.92. The third-order valence-corrected chi connectivity index (χ3v) is 2.74. The van der Waals surface area contributed by atoms with Gasteiger partial charge in [-0.3, -0.25) is 0 Å². The first-order valence-electron chi connectivity index (χ1n) is 5.43. The van der Waals surface area contributed by atoms with Crippen molar-refractivity contribution in [2.75, 3.05) is 7.11 Å². The van der Waals surface area contributed by atoms with Crippen LogP contribution in [0, 0.1) is 11.8 Å². The lowest BCUT2D eigenvalue weighted by Gasteiger charge is -2.18. The molecule has 0 saturated carbocycles. The Labute approximate surface area is 87.3 Å². The van der Waals surface area contributed by atoms with Crippen LogP contribution in [0.2, 0.25) is 0 Å². The summed E-state index contributed by atoms with van der Waals surface area (Å²) in [7, 11) is 1.70. The zero-order chi connectivity index (χ0) is 10.7. The fourth-order valence-electron chi connectivity index (χ4n) is 1.92. The molecule has 82 valence electrons. The summed E-state index contributed by atoms with van der Waals surface area (Å²) >= 11 is 0. The van der Waals surface area contributed by atoms with E-state index >= 15 is 0 Å². The van der Waals surface area contributed by atoms with Gasteiger partial charge >= 0.3 is 0 Å². The molecule has 0 spiro atoms. The molecule has 1 aliphatic heterocycles. The second-order valence-corrected chi connectivity index (χ2v) is 4.72. The zero-order valence-corrected chi connectivity index (χ0v) is 9.91. The molecular weight excluding hydrogens is 176 g/mol. The highest BCUT2D eigenvalue weighted by Crippen LogP contribution is 2.33. The number of hydrogen-bond donors (Lipinski definition) is 0. The molecule has 0 radical (unpaired) electrons. The van der Waals surface area contributed by atoms with Gasteiger partial charge in [-0.1, -0.05) is 27.7 Å². The Hall–Kier alpha value is -0.500. The molecule has 2 heteroatoms. The van der Waals surface area contributed by atoms with Crippen molar-refractivity contribution in [1.82, 2.24) is 0 Å². The van der Waals surface area contributed by atoms with Gasteiger partial charge in [-0.05, 0) is 17.4 Å². The molecule has 0 N–H and O–H groups in total. The Bertz CT molecular complexity index is 206. The number of methoxy groups -OCH3 is 1. The average Bonchev–Trinajstić information content (AvgIpc) is 2.49. The molecule has 0 aromatic rings. The van der Waals surface area contributed by atoms with Crippen molar-refractivity contribution in [3.63, 3.8) is 0 Å². The number of hydrogen-bond acceptors (Lipinski definition) is 2. The molecule has 0 amide bonds. The van der Waals surface area contributed by atoms with Gasteiger partial charge in [0.2, 0.25) is 0 Å². The molecule has 1 fully saturated rings. The normalized spacial score (nSPS) is 30.6. The SMILES string of the molecule is CO/C=C1\C[C@H](C(C)C)O[C@H]1C(C)C. The van der Waals surface area contributed by atoms with E-state index in [1.165, 1.54) is 5.57 Å². The minimum absolute atomic E-state index is 0.252. The Morgan fingerprint density at radius 3 is 2.36 bits per heavy atom. The lowest BCUT2D eigenvalue weighted by Crippen LogP contribution is -2.20. The highest BCUT2D eigenvalue weighted by molar-refractivity contribution is 5.13. The van der Waals surface area contributed by atoms with Crippen molar-refractivity contribution in [2.45, 2.75) is 46.3 Å². The molecule has 2 atom stereocenters. The first-order valence-corrected chi connectivity index (χ1v) is 5.43. The minimum atomic E-state index is 0.252. The smallest absolute Gasteiger partial charge is 0.0845 e. The monoisotopic (exact) mass is 198 g/mol. The van der Waals surface area contributed by atoms with Crippen molar-refractivity contribution >= 4 is 0 Å². The van der Waals surface area contributed by atoms with E-state index in [4.69, 9.17) is 9.47 Å². The van der Waals surface area contributed by atoms with Crippen LogP contribution in [-0.4, -0.2) is 19.3 Å². The van der Waals surface area contributed by atoms with E-state index in [9.17, 15) is 0 Å². The van der Waals surface area contributed by atoms with Crippen LogP contribution in [0.3, 0.4) is 0 Å². The fraction of sp³-hybridized carbons (Fsp3) is 0.833. The van der Waals surface area contributed by atoms with Crippen LogP contribution >= 0.6 is 0 Å². The van der Waals surface area contributed by atoms with Gasteiger partial charge in [0.05, 0.1) is 25.6 Å². The second-order valence-electron chi connectivity index (χ2n) is 4.72. The van der Waals surface area contributed by atoms with Crippen molar-refractivity contribution in [2.24, 2.45) is 11.8 Å². The Kier molecular flexibility index (Phi) is 3.99. The van der Waals surface area contributed by atoms with Crippen LogP contribution in [0.1, 0.15) is 34.1 Å². The van der Waals surface area contributed by atoms with Gasteiger partial charge in [-0.15, -0.1) is 0 Å². The molecule has 0 aliphatic carbocycles. The van der Waals surface area contributed by atoms with Crippen LogP contribution in [0.25, 0.3) is 0 Å². The molecule has 0 aromatic carbocycles. The third kappa shape index (κ3) is 2.50. The van der Waals surface area contributed by atoms with Crippen molar-refractivity contribution in [3.05, 3.63) is 11.8 Å². The summed E-state index contributed by atoms with van der Waals surface area (Å²) in [6, 6.07) is 0. The molecule has 1 aliphatic rings. The Morgan fingerprint density at radius 2 is 1.93 bits per heavy atom. The van der Waals surface area contributed by atoms with Gasteiger partial charge in [0, 0.05) is 6.42 Å². The summed E-state index contributed by atoms with van der Waals surface area (Å²) in [6.45, 7) is 8.79. The predicted molar refractivity (Wildman–Crippen MR) is 58.0 cm³/mol. The maximum Gasteiger partial charge on any atom is 0.0845 e. The van der Waals surface area contributed by atoms with Gasteiger partial charge in [-0.25, -0.2) is 0 Å². The van der Waals surface area contributed by atoms with Gasteiger partial charge in [0.1, 0.15) is 0 Å². The van der Waals surface area contributed by atoms with Crippen LogP contribution in [0.15, 0.2) is 11.8 Å². The number of ether oxygens (including phenoxy) is 2. The molecule has 0 aromatic heterocycles. The molecule has 0 unspecified atom stereocenters. The molecule has 1 heterocycles. The first kappa shape index (κ1) is 11.6. The summed E-state index contributed by atoms with van der Waals surface area (Å²) in [5, 5.41) is 0. The van der Waals surface area contributed by atoms with Crippen LogP contribution in [0.5, 0.6) is 0 Å². The van der Waals surface area contributed by atoms with Gasteiger partial charge < -0.3 is 9.47 Å². The molecule has 0 bridgehead atoms. The van der Waals surface area contributed by atoms with E-state index in [1.54, 1.807) is 7.11 Å². The summed E-state index contributed by atoms with van der Waals surface area (Å²) in [4.78, 5) is 0. The highest BCUT2D eigenvalue weighted by atomic mass is 16.5. The molecule has 1 saturated heterocycles. The highest BCUT2D eigenvalue weighted by Gasteiger charge is 2.33. The van der Waals surface area contributed by atoms with Crippen LogP contribution in [0.4, 0.5) is 0 Å². The van der Waals surface area contributed by atoms with Crippen LogP contribution in [-0.2, 0) is 9.47 Å². The van der Waals surface area contributed by atoms with Crippen molar-refractivity contribution in [1.29, 1.82) is 0 Å². The third-order valence-electron chi connectivity index (χ3n) is 2.74. The average molecular weight is 198 g/mol. The lowest BCUT2D eigenvalue weighted by atomic mass is 9.97. The van der Waals surface area contributed by atoms with E-state index in [2.05, 4.69) is 27.7 Å². The quantitative estimate of drug-likeness (QED) is 0.649. The first-order chi connectivity index (χ1) is 6.56. The van der Waals surface area contributed by atoms with E-state index in [-0.39, 0.29) is 6.10 Å². The van der Waals surface area contributed by atoms with Gasteiger partial charge in [-0.2, -0.15) is 0 Å². The summed E-state index contributed by atoms with van der Waals surface area (Å²) in [5.41, 5.74) is 1.31. The van der Waals surface area contributed by atoms with E-state index in [1.807, 2.05) is 6.26 Å². The van der Waals surface area contributed by atoms with Gasteiger partial charge in [0.15, 0.2) is 0 Å². The maximum atomic E-state index is 6.00. The lowest BCUT2D eigenvalue weighted by molar-refractivity contribution is 0.00437. The van der Waals surface area contributed by atoms with Crippen molar-refractivity contribution in [3.8, 4) is 0 Å². The zero-order valence-electron chi connectivity index (χ0n) is 9.91. The Morgan fingerprint density at radius 1 is 1.29 bits per heavy atom. The standard InChI is InChI=1S/C12H22O2/c1-8(2)11-6-10(7-13-5)12(14-11)9(3)4/h7-9,11-12H,6H2,1-5H3/b10-7+/t11-,12+/m1/s1. The second kappa shape index (κ2) is 4.83. The van der Waals surface area contributed by atoms with E-state index in [0.29, 0.717) is 17.9 Å². The largest absolute Gasteiger partial charge is 0.504 e. The number of rotatable bonds is 3. The summed E-state index contributed by atoms with van der Waals surface area (Å²) in [6.07, 6.45) is 3.49. The molecule has 14 heavy (non-hydrogen) atoms. The van der Waals surface area contributed by atoms with E-state index in [0.717, 1.165) is 6.42 Å². The molecule has 2 nitrogen and oxygen atoms in total. The summed E-state index contributed by atoms with van der Waals surface area (Å²) < 4.78 is 11.1. The summed E-state index contributed by atoms with van der Waals surface area (Å²) in [5.74, 6) is 1.11. The minimum Gasteiger partial charge on any atom is -0.504 e. The Balaban J connectivity index is 2.70. The van der Waals surface area contributed by atoms with Crippen molar-refractivity contribution < 1.29 is 9.47 Å². The van der Waals surface area contributed by atoms with Crippen LogP contribution < -0.4 is 0 Å². The predicted octanol–water partition coefficient (Wildman–Crippen LogP) is 2.99. The topological polar surface area (TPSA) is 18.5 Å². The molecular formula is C12H22O2. The molecule has 1 rings (SSSR count). The van der Waals surface area contributed by atoms with E-state index < -0.39 is 0 Å². The van der Waals surface area contributed by atoms with Gasteiger partial charge in [0.25, 0.3) is 0 Å².